The zero-order valence-electron chi connectivity index (χ0n) is 18.1. The van der Waals surface area contributed by atoms with E-state index in [0.29, 0.717) is 13.2 Å². The van der Waals surface area contributed by atoms with E-state index in [2.05, 4.69) is 31.5 Å². The number of aromatic carboxylic acids is 1. The molecule has 2 aliphatic rings. The fraction of sp³-hybridized carbons (Fsp3) is 0.417. The van der Waals surface area contributed by atoms with E-state index in [4.69, 9.17) is 14.6 Å². The first-order chi connectivity index (χ1) is 15.7. The maximum atomic E-state index is 11.1. The maximum Gasteiger partial charge on any atom is 0.335 e. The number of carboxylic acids is 1. The number of benzene rings is 2. The van der Waals surface area contributed by atoms with Crippen LogP contribution < -0.4 is 14.4 Å². The minimum atomic E-state index is -0.921. The van der Waals surface area contributed by atoms with Crippen LogP contribution in [-0.2, 0) is 6.54 Å². The molecule has 1 N–H and O–H groups in total. The van der Waals surface area contributed by atoms with Gasteiger partial charge in [-0.3, -0.25) is 4.90 Å². The molecule has 0 saturated carbocycles. The summed E-state index contributed by atoms with van der Waals surface area (Å²) in [7, 11) is 0. The quantitative estimate of drug-likeness (QED) is 0.570. The molecule has 32 heavy (non-hydrogen) atoms. The van der Waals surface area contributed by atoms with Crippen LogP contribution in [0.1, 0.15) is 23.2 Å². The molecule has 0 spiro atoms. The lowest BCUT2D eigenvalue weighted by atomic mass is 10.2. The van der Waals surface area contributed by atoms with Crippen LogP contribution in [-0.4, -0.2) is 71.5 Å². The number of fused-ring (bicyclic) bond motifs is 2. The molecule has 0 atom stereocenters. The zero-order chi connectivity index (χ0) is 21.9. The number of aryl methyl sites for hydroxylation is 1. The van der Waals surface area contributed by atoms with E-state index in [1.54, 1.807) is 12.1 Å². The lowest BCUT2D eigenvalue weighted by molar-refractivity contribution is 0.0697. The molecular formula is C24H28N4O4. The summed E-state index contributed by atoms with van der Waals surface area (Å²) in [6, 6.07) is 11.4. The standard InChI is InChI=1S/C24H28N4O4/c29-24(30)18-3-5-21-20(15-18)25-17-28(21)8-2-1-7-26-9-11-27(12-10-26)19-4-6-22-23(16-19)32-14-13-31-22/h3-6,15-17H,1-2,7-14H2,(H,29,30). The average Bonchev–Trinajstić information content (AvgIpc) is 3.24. The minimum absolute atomic E-state index is 0.276. The third-order valence-electron chi connectivity index (χ3n) is 6.25. The Bertz CT molecular complexity index is 1100. The van der Waals surface area contributed by atoms with E-state index < -0.39 is 5.97 Å². The predicted octanol–water partition coefficient (Wildman–Crippen LogP) is 3.11. The monoisotopic (exact) mass is 436 g/mol. The van der Waals surface area contributed by atoms with Crippen LogP contribution in [0, 0.1) is 0 Å². The highest BCUT2D eigenvalue weighted by Crippen LogP contribution is 2.34. The Balaban J connectivity index is 1.08. The molecule has 0 unspecified atom stereocenters. The second kappa shape index (κ2) is 9.08. The molecule has 1 fully saturated rings. The molecule has 168 valence electrons. The van der Waals surface area contributed by atoms with Crippen LogP contribution in [0.4, 0.5) is 5.69 Å². The summed E-state index contributed by atoms with van der Waals surface area (Å²) in [6.07, 6.45) is 3.99. The summed E-state index contributed by atoms with van der Waals surface area (Å²) < 4.78 is 13.5. The number of carboxylic acid groups (broad SMARTS) is 1. The van der Waals surface area contributed by atoms with Gasteiger partial charge in [0.15, 0.2) is 11.5 Å². The van der Waals surface area contributed by atoms with Crippen molar-refractivity contribution in [2.45, 2.75) is 19.4 Å². The first-order valence-corrected chi connectivity index (χ1v) is 11.2. The summed E-state index contributed by atoms with van der Waals surface area (Å²) in [4.78, 5) is 20.4. The predicted molar refractivity (Wildman–Crippen MR) is 122 cm³/mol. The number of aromatic nitrogens is 2. The molecule has 3 heterocycles. The van der Waals surface area contributed by atoms with E-state index in [1.165, 1.54) is 5.69 Å². The number of hydrogen-bond donors (Lipinski definition) is 1. The summed E-state index contributed by atoms with van der Waals surface area (Å²) >= 11 is 0. The van der Waals surface area contributed by atoms with Gasteiger partial charge in [-0.15, -0.1) is 0 Å². The highest BCUT2D eigenvalue weighted by Gasteiger charge is 2.19. The van der Waals surface area contributed by atoms with Gasteiger partial charge in [0, 0.05) is 44.5 Å². The van der Waals surface area contributed by atoms with Gasteiger partial charge in [0.2, 0.25) is 0 Å². The number of hydrogen-bond acceptors (Lipinski definition) is 6. The molecular weight excluding hydrogens is 408 g/mol. The number of imidazole rings is 1. The van der Waals surface area contributed by atoms with Gasteiger partial charge in [0.1, 0.15) is 13.2 Å². The Labute approximate surface area is 187 Å². The van der Waals surface area contributed by atoms with Gasteiger partial charge in [-0.25, -0.2) is 9.78 Å². The molecule has 5 rings (SSSR count). The van der Waals surface area contributed by atoms with Crippen LogP contribution in [0.25, 0.3) is 11.0 Å². The lowest BCUT2D eigenvalue weighted by Crippen LogP contribution is -2.46. The lowest BCUT2D eigenvalue weighted by Gasteiger charge is -2.36. The second-order valence-electron chi connectivity index (χ2n) is 8.31. The molecule has 0 radical (unpaired) electrons. The third kappa shape index (κ3) is 4.36. The van der Waals surface area contributed by atoms with E-state index in [0.717, 1.165) is 74.6 Å². The molecule has 0 aliphatic carbocycles. The van der Waals surface area contributed by atoms with Crippen LogP contribution in [0.3, 0.4) is 0 Å². The van der Waals surface area contributed by atoms with Gasteiger partial charge in [0.05, 0.1) is 22.9 Å². The highest BCUT2D eigenvalue weighted by atomic mass is 16.6. The largest absolute Gasteiger partial charge is 0.486 e. The Morgan fingerprint density at radius 3 is 2.53 bits per heavy atom. The number of carbonyl (C=O) groups is 1. The first-order valence-electron chi connectivity index (χ1n) is 11.2. The molecule has 2 aliphatic heterocycles. The maximum absolute atomic E-state index is 11.1. The number of nitrogens with zero attached hydrogens (tertiary/aromatic N) is 4. The van der Waals surface area contributed by atoms with Gasteiger partial charge in [-0.05, 0) is 49.7 Å². The third-order valence-corrected chi connectivity index (χ3v) is 6.25. The van der Waals surface area contributed by atoms with E-state index in [-0.39, 0.29) is 5.56 Å². The normalized spacial score (nSPS) is 16.4. The van der Waals surface area contributed by atoms with Gasteiger partial charge in [-0.1, -0.05) is 0 Å². The average molecular weight is 437 g/mol. The number of anilines is 1. The Morgan fingerprint density at radius 1 is 0.938 bits per heavy atom. The number of piperazine rings is 1. The Kier molecular flexibility index (Phi) is 5.85. The van der Waals surface area contributed by atoms with Crippen molar-refractivity contribution in [1.29, 1.82) is 0 Å². The molecule has 2 aromatic carbocycles. The van der Waals surface area contributed by atoms with Crippen LogP contribution in [0.2, 0.25) is 0 Å². The van der Waals surface area contributed by atoms with Gasteiger partial charge in [0.25, 0.3) is 0 Å². The number of ether oxygens (including phenoxy) is 2. The fourth-order valence-corrected chi connectivity index (χ4v) is 4.45. The number of rotatable bonds is 7. The summed E-state index contributed by atoms with van der Waals surface area (Å²) in [5.41, 5.74) is 3.20. The summed E-state index contributed by atoms with van der Waals surface area (Å²) in [6.45, 7) is 7.34. The molecule has 1 saturated heterocycles. The van der Waals surface area contributed by atoms with Crippen molar-refractivity contribution >= 4 is 22.7 Å². The van der Waals surface area contributed by atoms with Crippen molar-refractivity contribution < 1.29 is 19.4 Å². The van der Waals surface area contributed by atoms with Crippen molar-refractivity contribution in [1.82, 2.24) is 14.5 Å². The molecule has 0 amide bonds. The SMILES string of the molecule is O=C(O)c1ccc2c(c1)ncn2CCCCN1CCN(c2ccc3c(c2)OCCO3)CC1. The Morgan fingerprint density at radius 2 is 1.72 bits per heavy atom. The Hall–Kier alpha value is -3.26. The molecule has 8 nitrogen and oxygen atoms in total. The van der Waals surface area contributed by atoms with Crippen LogP contribution >= 0.6 is 0 Å². The molecule has 1 aromatic heterocycles. The van der Waals surface area contributed by atoms with Crippen molar-refractivity contribution in [3.8, 4) is 11.5 Å². The van der Waals surface area contributed by atoms with Crippen molar-refractivity contribution in [3.05, 3.63) is 48.3 Å². The van der Waals surface area contributed by atoms with E-state index in [1.807, 2.05) is 18.5 Å². The summed E-state index contributed by atoms with van der Waals surface area (Å²) in [5, 5.41) is 9.12. The fourth-order valence-electron chi connectivity index (χ4n) is 4.45. The molecule has 8 heteroatoms. The second-order valence-corrected chi connectivity index (χ2v) is 8.31. The minimum Gasteiger partial charge on any atom is -0.486 e. The van der Waals surface area contributed by atoms with Crippen molar-refractivity contribution in [3.63, 3.8) is 0 Å². The first kappa shape index (κ1) is 20.6. The zero-order valence-corrected chi connectivity index (χ0v) is 18.1. The highest BCUT2D eigenvalue weighted by molar-refractivity contribution is 5.92. The summed E-state index contributed by atoms with van der Waals surface area (Å²) in [5.74, 6) is 0.768. The smallest absolute Gasteiger partial charge is 0.335 e. The number of unbranched alkanes of at least 4 members (excludes halogenated alkanes) is 1. The van der Waals surface area contributed by atoms with Crippen molar-refractivity contribution in [2.24, 2.45) is 0 Å². The molecule has 3 aromatic rings. The van der Waals surface area contributed by atoms with Crippen LogP contribution in [0.5, 0.6) is 11.5 Å². The van der Waals surface area contributed by atoms with Crippen LogP contribution in [0.15, 0.2) is 42.7 Å². The van der Waals surface area contributed by atoms with E-state index in [9.17, 15) is 4.79 Å². The van der Waals surface area contributed by atoms with Gasteiger partial charge >= 0.3 is 5.97 Å². The van der Waals surface area contributed by atoms with Gasteiger partial charge < -0.3 is 24.0 Å². The topological polar surface area (TPSA) is 80.1 Å². The molecule has 0 bridgehead atoms. The van der Waals surface area contributed by atoms with Gasteiger partial charge in [-0.2, -0.15) is 0 Å². The van der Waals surface area contributed by atoms with E-state index >= 15 is 0 Å². The van der Waals surface area contributed by atoms with Crippen molar-refractivity contribution in [2.75, 3.05) is 50.8 Å².